The Kier molecular flexibility index (Phi) is 9.83. The number of carbonyl (C=O) groups is 2. The molecule has 3 aromatic carbocycles. The Morgan fingerprint density at radius 2 is 1.49 bits per heavy atom. The highest BCUT2D eigenvalue weighted by molar-refractivity contribution is 5.94. The minimum absolute atomic E-state index is 0.0173. The van der Waals surface area contributed by atoms with Crippen LogP contribution in [0.25, 0.3) is 6.08 Å². The number of rotatable bonds is 12. The van der Waals surface area contributed by atoms with E-state index in [2.05, 4.69) is 16.7 Å². The Balaban J connectivity index is 1.51. The number of non-ortho nitro benzene ring substituents is 1. The lowest BCUT2D eigenvalue weighted by Gasteiger charge is -2.30. The second-order valence-electron chi connectivity index (χ2n) is 10.1. The van der Waals surface area contributed by atoms with Gasteiger partial charge in [0, 0.05) is 49.2 Å². The average Bonchev–Trinajstić information content (AvgIpc) is 3.41. The van der Waals surface area contributed by atoms with E-state index in [0.717, 1.165) is 11.3 Å². The molecule has 2 amide bonds. The van der Waals surface area contributed by atoms with Crippen molar-refractivity contribution in [3.8, 4) is 0 Å². The highest BCUT2D eigenvalue weighted by Crippen LogP contribution is 2.16. The highest BCUT2D eigenvalue weighted by Gasteiger charge is 2.23. The van der Waals surface area contributed by atoms with Gasteiger partial charge in [0.25, 0.3) is 5.69 Å². The molecule has 0 unspecified atom stereocenters. The van der Waals surface area contributed by atoms with Gasteiger partial charge in [-0.2, -0.15) is 0 Å². The van der Waals surface area contributed by atoms with Gasteiger partial charge >= 0.3 is 0 Å². The lowest BCUT2D eigenvalue weighted by molar-refractivity contribution is -0.384. The topological polar surface area (TPSA) is 88.7 Å². The van der Waals surface area contributed by atoms with Gasteiger partial charge in [0.05, 0.1) is 11.5 Å². The van der Waals surface area contributed by atoms with E-state index < -0.39 is 4.92 Å². The molecule has 210 valence electrons. The number of aromatic nitrogens is 1. The van der Waals surface area contributed by atoms with Crippen LogP contribution in [0.4, 0.5) is 5.69 Å². The first kappa shape index (κ1) is 29.0. The summed E-state index contributed by atoms with van der Waals surface area (Å²) in [5.41, 5.74) is 3.81. The number of hydrogen-bond donors (Lipinski definition) is 0. The minimum atomic E-state index is -0.468. The van der Waals surface area contributed by atoms with E-state index in [4.69, 9.17) is 0 Å². The van der Waals surface area contributed by atoms with Crippen molar-refractivity contribution >= 4 is 23.6 Å². The van der Waals surface area contributed by atoms with Crippen LogP contribution in [0.3, 0.4) is 0 Å². The molecule has 1 aromatic heterocycles. The Hall–Kier alpha value is -4.98. The van der Waals surface area contributed by atoms with Crippen LogP contribution in [0.2, 0.25) is 0 Å². The summed E-state index contributed by atoms with van der Waals surface area (Å²) in [4.78, 5) is 40.7. The van der Waals surface area contributed by atoms with Crippen molar-refractivity contribution in [2.45, 2.75) is 39.5 Å². The van der Waals surface area contributed by atoms with Crippen LogP contribution >= 0.6 is 0 Å². The van der Waals surface area contributed by atoms with Gasteiger partial charge < -0.3 is 14.4 Å². The molecule has 0 saturated heterocycles. The zero-order valence-corrected chi connectivity index (χ0v) is 23.3. The smallest absolute Gasteiger partial charge is 0.269 e. The fourth-order valence-electron chi connectivity index (χ4n) is 4.49. The van der Waals surface area contributed by atoms with E-state index in [1.54, 1.807) is 23.1 Å². The SMILES string of the molecule is CC(C)N(CC(=O)N(Cc1ccccc1)Cc1cccn1Cc1ccccc1)C(=O)C=Cc1ccc([N+](=O)[O-])cc1. The van der Waals surface area contributed by atoms with Crippen LogP contribution in [0.5, 0.6) is 0 Å². The van der Waals surface area contributed by atoms with Crippen molar-refractivity contribution in [1.82, 2.24) is 14.4 Å². The van der Waals surface area contributed by atoms with E-state index >= 15 is 0 Å². The van der Waals surface area contributed by atoms with Crippen LogP contribution in [0, 0.1) is 10.1 Å². The molecule has 0 N–H and O–H groups in total. The number of benzene rings is 3. The van der Waals surface area contributed by atoms with Crippen molar-refractivity contribution in [2.24, 2.45) is 0 Å². The third-order valence-electron chi connectivity index (χ3n) is 6.78. The van der Waals surface area contributed by atoms with Gasteiger partial charge in [-0.15, -0.1) is 0 Å². The monoisotopic (exact) mass is 550 g/mol. The first-order valence-corrected chi connectivity index (χ1v) is 13.5. The molecule has 8 heteroatoms. The molecule has 0 aliphatic carbocycles. The van der Waals surface area contributed by atoms with Crippen LogP contribution in [-0.4, -0.2) is 43.7 Å². The molecule has 0 spiro atoms. The van der Waals surface area contributed by atoms with Crippen LogP contribution < -0.4 is 0 Å². The van der Waals surface area contributed by atoms with Crippen molar-refractivity contribution < 1.29 is 14.5 Å². The summed E-state index contributed by atoms with van der Waals surface area (Å²) in [6, 6.07) is 29.7. The van der Waals surface area contributed by atoms with Crippen molar-refractivity contribution in [3.05, 3.63) is 142 Å². The molecular formula is C33H34N4O4. The second-order valence-corrected chi connectivity index (χ2v) is 10.1. The zero-order valence-electron chi connectivity index (χ0n) is 23.3. The fourth-order valence-corrected chi connectivity index (χ4v) is 4.49. The quantitative estimate of drug-likeness (QED) is 0.124. The van der Waals surface area contributed by atoms with Gasteiger partial charge in [0.1, 0.15) is 6.54 Å². The summed E-state index contributed by atoms with van der Waals surface area (Å²) in [5, 5.41) is 10.9. The zero-order chi connectivity index (χ0) is 29.2. The molecule has 4 aromatic rings. The largest absolute Gasteiger partial charge is 0.345 e. The molecule has 0 fully saturated rings. The van der Waals surface area contributed by atoms with Gasteiger partial charge in [0.15, 0.2) is 0 Å². The van der Waals surface area contributed by atoms with E-state index in [-0.39, 0.29) is 30.1 Å². The van der Waals surface area contributed by atoms with Crippen LogP contribution in [0.1, 0.15) is 36.2 Å². The first-order chi connectivity index (χ1) is 19.8. The number of amides is 2. The van der Waals surface area contributed by atoms with Gasteiger partial charge in [-0.25, -0.2) is 0 Å². The van der Waals surface area contributed by atoms with Gasteiger partial charge in [-0.05, 0) is 60.9 Å². The van der Waals surface area contributed by atoms with E-state index in [1.807, 2.05) is 80.7 Å². The Morgan fingerprint density at radius 3 is 2.10 bits per heavy atom. The van der Waals surface area contributed by atoms with Crippen LogP contribution in [0.15, 0.2) is 109 Å². The molecule has 0 aliphatic rings. The molecule has 0 radical (unpaired) electrons. The summed E-state index contributed by atoms with van der Waals surface area (Å²) < 4.78 is 2.14. The third-order valence-corrected chi connectivity index (χ3v) is 6.78. The van der Waals surface area contributed by atoms with Crippen molar-refractivity contribution in [2.75, 3.05) is 6.54 Å². The van der Waals surface area contributed by atoms with Gasteiger partial charge in [-0.3, -0.25) is 19.7 Å². The Morgan fingerprint density at radius 1 is 0.854 bits per heavy atom. The molecule has 41 heavy (non-hydrogen) atoms. The van der Waals surface area contributed by atoms with E-state index in [0.29, 0.717) is 25.2 Å². The highest BCUT2D eigenvalue weighted by atomic mass is 16.6. The van der Waals surface area contributed by atoms with Crippen LogP contribution in [-0.2, 0) is 29.2 Å². The molecule has 8 nitrogen and oxygen atoms in total. The summed E-state index contributed by atoms with van der Waals surface area (Å²) >= 11 is 0. The maximum Gasteiger partial charge on any atom is 0.269 e. The standard InChI is InChI=1S/C33H34N4O4/c1-26(2)36(32(38)20-17-27-15-18-30(19-16-27)37(40)41)25-33(39)35(23-29-12-7-4-8-13-29)24-31-14-9-21-34(31)22-28-10-5-3-6-11-28/h3-21,26H,22-25H2,1-2H3. The summed E-state index contributed by atoms with van der Waals surface area (Å²) in [6.07, 6.45) is 5.02. The van der Waals surface area contributed by atoms with Gasteiger partial charge in [0.2, 0.25) is 11.8 Å². The minimum Gasteiger partial charge on any atom is -0.345 e. The molecule has 0 atom stereocenters. The number of nitro groups is 1. The van der Waals surface area contributed by atoms with E-state index in [9.17, 15) is 19.7 Å². The number of nitro benzene ring substituents is 1. The fraction of sp³-hybridized carbons (Fsp3) is 0.212. The molecule has 0 saturated carbocycles. The van der Waals surface area contributed by atoms with Crippen molar-refractivity contribution in [1.29, 1.82) is 0 Å². The van der Waals surface area contributed by atoms with E-state index in [1.165, 1.54) is 28.7 Å². The normalized spacial score (nSPS) is 11.1. The predicted octanol–water partition coefficient (Wildman–Crippen LogP) is 5.92. The molecule has 1 heterocycles. The molecule has 0 aliphatic heterocycles. The first-order valence-electron chi connectivity index (χ1n) is 13.5. The third kappa shape index (κ3) is 8.25. The Bertz CT molecular complexity index is 1480. The maximum absolute atomic E-state index is 13.8. The second kappa shape index (κ2) is 13.9. The molecule has 4 rings (SSSR count). The maximum atomic E-state index is 13.8. The number of hydrogen-bond acceptors (Lipinski definition) is 4. The average molecular weight is 551 g/mol. The lowest BCUT2D eigenvalue weighted by Crippen LogP contribution is -2.45. The predicted molar refractivity (Wildman–Crippen MR) is 160 cm³/mol. The van der Waals surface area contributed by atoms with Gasteiger partial charge in [-0.1, -0.05) is 60.7 Å². The number of carbonyl (C=O) groups excluding carboxylic acids is 2. The van der Waals surface area contributed by atoms with Crippen molar-refractivity contribution in [3.63, 3.8) is 0 Å². The summed E-state index contributed by atoms with van der Waals surface area (Å²) in [7, 11) is 0. The Labute approximate surface area is 240 Å². The lowest BCUT2D eigenvalue weighted by atomic mass is 10.2. The summed E-state index contributed by atoms with van der Waals surface area (Å²) in [5.74, 6) is -0.467. The molecular weight excluding hydrogens is 516 g/mol. The molecule has 0 bridgehead atoms. The summed E-state index contributed by atoms with van der Waals surface area (Å²) in [6.45, 7) is 5.17. The number of nitrogens with zero attached hydrogens (tertiary/aromatic N) is 4.